The molecule has 7 nitrogen and oxygen atoms in total. The molecule has 0 saturated carbocycles. The topological polar surface area (TPSA) is 86.8 Å². The third-order valence-corrected chi connectivity index (χ3v) is 8.47. The number of benzene rings is 2. The summed E-state index contributed by atoms with van der Waals surface area (Å²) in [5.41, 5.74) is 3.15. The Balaban J connectivity index is 1.39. The molecule has 2 aromatic rings. The van der Waals surface area contributed by atoms with Crippen LogP contribution in [-0.4, -0.2) is 55.6 Å². The molecule has 1 heterocycles. The van der Waals surface area contributed by atoms with Crippen LogP contribution in [0.25, 0.3) is 0 Å². The number of aryl methyl sites for hydroxylation is 2. The molecule has 1 aliphatic carbocycles. The lowest BCUT2D eigenvalue weighted by Crippen LogP contribution is -2.51. The van der Waals surface area contributed by atoms with Crippen LogP contribution in [0.2, 0.25) is 5.02 Å². The van der Waals surface area contributed by atoms with Crippen LogP contribution in [-0.2, 0) is 32.5 Å². The van der Waals surface area contributed by atoms with Crippen LogP contribution in [0.5, 0.6) is 0 Å². The Labute approximate surface area is 199 Å². The van der Waals surface area contributed by atoms with Crippen molar-refractivity contribution in [3.8, 4) is 0 Å². The van der Waals surface area contributed by atoms with E-state index in [0.717, 1.165) is 30.4 Å². The summed E-state index contributed by atoms with van der Waals surface area (Å²) in [6.07, 6.45) is 3.09. The lowest BCUT2D eigenvalue weighted by atomic mass is 10.0. The third-order valence-electron chi connectivity index (χ3n) is 6.33. The molecule has 1 aliphatic heterocycles. The average molecular weight is 490 g/mol. The number of carbonyl (C=O) groups is 2. The number of nitrogens with zero attached hydrogens (tertiary/aromatic N) is 2. The number of rotatable bonds is 6. The second kappa shape index (κ2) is 9.83. The minimum Gasteiger partial charge on any atom is -0.349 e. The normalized spacial score (nSPS) is 17.5. The molecule has 0 aromatic heterocycles. The van der Waals surface area contributed by atoms with Gasteiger partial charge in [0.05, 0.1) is 17.4 Å². The zero-order chi connectivity index (χ0) is 23.6. The molecule has 0 unspecified atom stereocenters. The van der Waals surface area contributed by atoms with Crippen LogP contribution < -0.4 is 5.32 Å². The van der Waals surface area contributed by atoms with Gasteiger partial charge in [0.2, 0.25) is 21.8 Å². The maximum absolute atomic E-state index is 13.1. The van der Waals surface area contributed by atoms with Gasteiger partial charge in [0.15, 0.2) is 0 Å². The maximum Gasteiger partial charge on any atom is 0.243 e. The highest BCUT2D eigenvalue weighted by atomic mass is 35.5. The van der Waals surface area contributed by atoms with Crippen LogP contribution in [0.4, 0.5) is 0 Å². The largest absolute Gasteiger partial charge is 0.349 e. The quantitative estimate of drug-likeness (QED) is 0.676. The fourth-order valence-electron chi connectivity index (χ4n) is 4.53. The van der Waals surface area contributed by atoms with E-state index in [1.807, 2.05) is 6.07 Å². The van der Waals surface area contributed by atoms with Gasteiger partial charge in [-0.25, -0.2) is 8.42 Å². The van der Waals surface area contributed by atoms with E-state index in [9.17, 15) is 18.0 Å². The molecule has 0 spiro atoms. The van der Waals surface area contributed by atoms with Crippen LogP contribution in [0, 0.1) is 0 Å². The molecule has 2 amide bonds. The first kappa shape index (κ1) is 23.7. The molecule has 0 radical (unpaired) electrons. The molecule has 9 heteroatoms. The Morgan fingerprint density at radius 1 is 1.00 bits per heavy atom. The van der Waals surface area contributed by atoms with Crippen LogP contribution in [0.3, 0.4) is 0 Å². The third kappa shape index (κ3) is 5.39. The Kier molecular flexibility index (Phi) is 7.07. The highest BCUT2D eigenvalue weighted by molar-refractivity contribution is 7.89. The minimum atomic E-state index is -3.59. The van der Waals surface area contributed by atoms with Gasteiger partial charge in [0.1, 0.15) is 0 Å². The number of amides is 2. The lowest BCUT2D eigenvalue weighted by molar-refractivity contribution is -0.133. The van der Waals surface area contributed by atoms with Crippen molar-refractivity contribution in [2.24, 2.45) is 0 Å². The number of nitrogens with one attached hydrogen (secondary N) is 1. The summed E-state index contributed by atoms with van der Waals surface area (Å²) >= 11 is 5.96. The first-order valence-electron chi connectivity index (χ1n) is 11.2. The molecule has 4 rings (SSSR count). The standard InChI is InChI=1S/C24H28ClN3O4S/c1-17(29)26-23(19-5-8-21(25)9-6-19)16-24(30)27-11-13-28(14-12-27)33(31,32)22-10-7-18-3-2-4-20(18)15-22/h5-10,15,23H,2-4,11-14,16H2,1H3,(H,26,29)/t23-/m1/s1. The fraction of sp³-hybridized carbons (Fsp3) is 0.417. The summed E-state index contributed by atoms with van der Waals surface area (Å²) in [6.45, 7) is 2.54. The Morgan fingerprint density at radius 3 is 2.33 bits per heavy atom. The van der Waals surface area contributed by atoms with E-state index in [1.165, 1.54) is 16.8 Å². The second-order valence-corrected chi connectivity index (χ2v) is 11.0. The van der Waals surface area contributed by atoms with Gasteiger partial charge in [-0.3, -0.25) is 9.59 Å². The first-order valence-corrected chi connectivity index (χ1v) is 13.0. The summed E-state index contributed by atoms with van der Waals surface area (Å²) < 4.78 is 27.7. The van der Waals surface area contributed by atoms with E-state index in [-0.39, 0.29) is 31.3 Å². The monoisotopic (exact) mass is 489 g/mol. The first-order chi connectivity index (χ1) is 15.7. The molecule has 2 aliphatic rings. The molecular formula is C24H28ClN3O4S. The lowest BCUT2D eigenvalue weighted by Gasteiger charge is -2.35. The van der Waals surface area contributed by atoms with Gasteiger partial charge in [-0.1, -0.05) is 29.8 Å². The van der Waals surface area contributed by atoms with Crippen molar-refractivity contribution in [3.63, 3.8) is 0 Å². The van der Waals surface area contributed by atoms with Crippen LogP contribution in [0.1, 0.15) is 42.5 Å². The zero-order valence-electron chi connectivity index (χ0n) is 18.6. The van der Waals surface area contributed by atoms with Gasteiger partial charge < -0.3 is 10.2 Å². The summed E-state index contributed by atoms with van der Waals surface area (Å²) in [6, 6.07) is 12.0. The Morgan fingerprint density at radius 2 is 1.67 bits per heavy atom. The highest BCUT2D eigenvalue weighted by Gasteiger charge is 2.31. The van der Waals surface area contributed by atoms with Crippen molar-refractivity contribution < 1.29 is 18.0 Å². The summed E-state index contributed by atoms with van der Waals surface area (Å²) in [5, 5.41) is 3.40. The van der Waals surface area contributed by atoms with E-state index >= 15 is 0 Å². The molecule has 2 aromatic carbocycles. The zero-order valence-corrected chi connectivity index (χ0v) is 20.2. The Bertz CT molecular complexity index is 1140. The molecular weight excluding hydrogens is 462 g/mol. The number of hydrogen-bond donors (Lipinski definition) is 1. The number of carbonyl (C=O) groups excluding carboxylic acids is 2. The molecule has 0 bridgehead atoms. The van der Waals surface area contributed by atoms with Crippen LogP contribution >= 0.6 is 11.6 Å². The van der Waals surface area contributed by atoms with Crippen molar-refractivity contribution in [2.45, 2.75) is 43.5 Å². The predicted molar refractivity (Wildman–Crippen MR) is 126 cm³/mol. The molecule has 1 N–H and O–H groups in total. The number of sulfonamides is 1. The summed E-state index contributed by atoms with van der Waals surface area (Å²) in [5.74, 6) is -0.355. The molecule has 1 saturated heterocycles. The average Bonchev–Trinajstić information content (AvgIpc) is 3.27. The number of halogens is 1. The SMILES string of the molecule is CC(=O)N[C@H](CC(=O)N1CCN(S(=O)(=O)c2ccc3c(c2)CCC3)CC1)c1ccc(Cl)cc1. The van der Waals surface area contributed by atoms with Crippen LogP contribution in [0.15, 0.2) is 47.4 Å². The number of fused-ring (bicyclic) bond motifs is 1. The van der Waals surface area contributed by atoms with E-state index in [4.69, 9.17) is 11.6 Å². The number of hydrogen-bond acceptors (Lipinski definition) is 4. The summed E-state index contributed by atoms with van der Waals surface area (Å²) in [4.78, 5) is 26.6. The smallest absolute Gasteiger partial charge is 0.243 e. The molecule has 1 atom stereocenters. The van der Waals surface area contributed by atoms with E-state index < -0.39 is 16.1 Å². The predicted octanol–water partition coefficient (Wildman–Crippen LogP) is 2.93. The van der Waals surface area contributed by atoms with Gasteiger partial charge in [0.25, 0.3) is 0 Å². The Hall–Kier alpha value is -2.42. The van der Waals surface area contributed by atoms with Gasteiger partial charge >= 0.3 is 0 Å². The minimum absolute atomic E-state index is 0.0960. The second-order valence-electron chi connectivity index (χ2n) is 8.58. The molecule has 1 fully saturated rings. The van der Waals surface area contributed by atoms with Gasteiger partial charge in [-0.15, -0.1) is 0 Å². The van der Waals surface area contributed by atoms with Gasteiger partial charge in [0, 0.05) is 38.1 Å². The summed E-state index contributed by atoms with van der Waals surface area (Å²) in [7, 11) is -3.59. The van der Waals surface area contributed by atoms with Crippen molar-refractivity contribution in [2.75, 3.05) is 26.2 Å². The highest BCUT2D eigenvalue weighted by Crippen LogP contribution is 2.27. The van der Waals surface area contributed by atoms with Gasteiger partial charge in [-0.05, 0) is 60.2 Å². The molecule has 33 heavy (non-hydrogen) atoms. The molecule has 176 valence electrons. The van der Waals surface area contributed by atoms with Gasteiger partial charge in [-0.2, -0.15) is 4.31 Å². The van der Waals surface area contributed by atoms with Crippen molar-refractivity contribution >= 4 is 33.4 Å². The van der Waals surface area contributed by atoms with Crippen molar-refractivity contribution in [1.29, 1.82) is 0 Å². The van der Waals surface area contributed by atoms with Crippen molar-refractivity contribution in [3.05, 3.63) is 64.2 Å². The van der Waals surface area contributed by atoms with E-state index in [2.05, 4.69) is 5.32 Å². The van der Waals surface area contributed by atoms with E-state index in [0.29, 0.717) is 23.0 Å². The number of piperazine rings is 1. The fourth-order valence-corrected chi connectivity index (χ4v) is 6.13. The van der Waals surface area contributed by atoms with E-state index in [1.54, 1.807) is 41.3 Å². The maximum atomic E-state index is 13.1. The van der Waals surface area contributed by atoms with Crippen molar-refractivity contribution in [1.82, 2.24) is 14.5 Å².